The van der Waals surface area contributed by atoms with Crippen molar-refractivity contribution in [2.75, 3.05) is 38.1 Å². The van der Waals surface area contributed by atoms with Crippen molar-refractivity contribution in [2.24, 2.45) is 0 Å². The molecule has 222 valence electrons. The van der Waals surface area contributed by atoms with Crippen molar-refractivity contribution in [3.8, 4) is 11.1 Å². The number of nitrogens with zero attached hydrogens (tertiary/aromatic N) is 3. The molecule has 3 aromatic carbocycles. The topological polar surface area (TPSA) is 67.9 Å². The lowest BCUT2D eigenvalue weighted by Crippen LogP contribution is -2.47. The molecule has 0 fully saturated rings. The Bertz CT molecular complexity index is 1280. The number of hydrogen-bond donors (Lipinski definition) is 2. The minimum absolute atomic E-state index is 0. The van der Waals surface area contributed by atoms with Gasteiger partial charge in [-0.2, -0.15) is 0 Å². The van der Waals surface area contributed by atoms with Crippen LogP contribution in [0.2, 0.25) is 5.02 Å². The number of hydrazine groups is 1. The molecule has 4 rings (SSSR count). The second kappa shape index (κ2) is 16.1. The molecule has 7 nitrogen and oxygen atoms in total. The highest BCUT2D eigenvalue weighted by atomic mass is 35.5. The number of fused-ring (bicyclic) bond motifs is 1. The van der Waals surface area contributed by atoms with Gasteiger partial charge in [-0.05, 0) is 52.9 Å². The maximum absolute atomic E-state index is 13.5. The number of halogens is 3. The Hall–Kier alpha value is -2.65. The molecule has 0 unspecified atom stereocenters. The van der Waals surface area contributed by atoms with Crippen LogP contribution < -0.4 is 15.5 Å². The number of rotatable bonds is 11. The van der Waals surface area contributed by atoms with E-state index in [2.05, 4.69) is 48.7 Å². The highest BCUT2D eigenvalue weighted by Crippen LogP contribution is 2.29. The molecule has 2 N–H and O–H groups in total. The SMILES string of the molecule is Cc1ccc(-c2ccc(Cl)cc2)cc1N(CCNC(C)C)C(=O)CNCC(=O)N(C)N1Cc2ccccc2C1.Cl.Cl. The summed E-state index contributed by atoms with van der Waals surface area (Å²) in [6, 6.07) is 22.4. The second-order valence-electron chi connectivity index (χ2n) is 10.3. The third-order valence-corrected chi connectivity index (χ3v) is 7.28. The molecule has 0 bridgehead atoms. The smallest absolute Gasteiger partial charge is 0.250 e. The van der Waals surface area contributed by atoms with Crippen LogP contribution in [0.5, 0.6) is 0 Å². The van der Waals surface area contributed by atoms with Gasteiger partial charge in [-0.15, -0.1) is 24.8 Å². The van der Waals surface area contributed by atoms with E-state index in [9.17, 15) is 9.59 Å². The molecule has 0 spiro atoms. The minimum atomic E-state index is -0.0825. The van der Waals surface area contributed by atoms with Crippen molar-refractivity contribution >= 4 is 53.9 Å². The molecule has 0 atom stereocenters. The highest BCUT2D eigenvalue weighted by molar-refractivity contribution is 6.30. The van der Waals surface area contributed by atoms with Crippen LogP contribution >= 0.6 is 36.4 Å². The summed E-state index contributed by atoms with van der Waals surface area (Å²) in [6.45, 7) is 8.91. The number of anilines is 1. The molecule has 0 aromatic heterocycles. The van der Waals surface area contributed by atoms with E-state index in [0.29, 0.717) is 37.2 Å². The van der Waals surface area contributed by atoms with Crippen LogP contribution in [0.1, 0.15) is 30.5 Å². The van der Waals surface area contributed by atoms with Gasteiger partial charge in [-0.3, -0.25) is 19.9 Å². The molecular weight excluding hydrogens is 581 g/mol. The second-order valence-corrected chi connectivity index (χ2v) is 10.7. The van der Waals surface area contributed by atoms with Crippen LogP contribution in [0, 0.1) is 6.92 Å². The van der Waals surface area contributed by atoms with Crippen LogP contribution in [0.3, 0.4) is 0 Å². The van der Waals surface area contributed by atoms with Crippen molar-refractivity contribution in [1.29, 1.82) is 0 Å². The van der Waals surface area contributed by atoms with E-state index in [-0.39, 0.29) is 49.7 Å². The van der Waals surface area contributed by atoms with E-state index in [1.807, 2.05) is 59.3 Å². The van der Waals surface area contributed by atoms with E-state index in [1.165, 1.54) is 11.1 Å². The molecule has 1 heterocycles. The number of nitrogens with one attached hydrogen (secondary N) is 2. The number of hydrogen-bond acceptors (Lipinski definition) is 5. The highest BCUT2D eigenvalue weighted by Gasteiger charge is 2.25. The number of carbonyl (C=O) groups excluding carboxylic acids is 2. The van der Waals surface area contributed by atoms with E-state index in [4.69, 9.17) is 11.6 Å². The fourth-order valence-corrected chi connectivity index (χ4v) is 4.86. The Balaban J connectivity index is 0.00000294. The fourth-order valence-electron chi connectivity index (χ4n) is 4.74. The Kier molecular flexibility index (Phi) is 13.6. The molecular formula is C31H40Cl3N5O2. The van der Waals surface area contributed by atoms with Crippen LogP contribution in [-0.4, -0.2) is 61.1 Å². The van der Waals surface area contributed by atoms with Crippen LogP contribution in [0.25, 0.3) is 11.1 Å². The zero-order chi connectivity index (χ0) is 27.9. The minimum Gasteiger partial charge on any atom is -0.313 e. The molecule has 2 amide bonds. The van der Waals surface area contributed by atoms with Crippen molar-refractivity contribution in [2.45, 2.75) is 39.9 Å². The quantitative estimate of drug-likeness (QED) is 0.298. The normalized spacial score (nSPS) is 12.3. The van der Waals surface area contributed by atoms with Crippen LogP contribution in [0.15, 0.2) is 66.7 Å². The molecule has 10 heteroatoms. The number of amides is 2. The van der Waals surface area contributed by atoms with Gasteiger partial charge in [-0.25, -0.2) is 5.01 Å². The standard InChI is InChI=1S/C31H38ClN5O2.2ClH/c1-22(2)34-15-16-37(29-17-25(10-9-23(29)3)24-11-13-28(32)14-12-24)31(39)19-33-18-30(38)35(4)36-20-26-7-5-6-8-27(26)21-36;;/h5-14,17,22,33-34H,15-16,18-21H2,1-4H3;2*1H. The van der Waals surface area contributed by atoms with E-state index >= 15 is 0 Å². The summed E-state index contributed by atoms with van der Waals surface area (Å²) in [4.78, 5) is 28.2. The Morgan fingerprint density at radius 3 is 2.10 bits per heavy atom. The molecule has 0 saturated heterocycles. The van der Waals surface area contributed by atoms with Gasteiger partial charge < -0.3 is 10.2 Å². The fraction of sp³-hybridized carbons (Fsp3) is 0.355. The van der Waals surface area contributed by atoms with E-state index in [1.54, 1.807) is 12.1 Å². The van der Waals surface area contributed by atoms with Crippen molar-refractivity contribution < 1.29 is 9.59 Å². The first-order valence-electron chi connectivity index (χ1n) is 13.4. The Morgan fingerprint density at radius 1 is 0.902 bits per heavy atom. The summed E-state index contributed by atoms with van der Waals surface area (Å²) in [6.07, 6.45) is 0. The monoisotopic (exact) mass is 619 g/mol. The molecule has 1 aliphatic rings. The lowest BCUT2D eigenvalue weighted by molar-refractivity contribution is -0.145. The van der Waals surface area contributed by atoms with Crippen molar-refractivity contribution in [1.82, 2.24) is 20.7 Å². The first-order chi connectivity index (χ1) is 18.7. The summed E-state index contributed by atoms with van der Waals surface area (Å²) in [5.41, 5.74) is 6.39. The van der Waals surface area contributed by atoms with Gasteiger partial charge in [0.25, 0.3) is 5.91 Å². The average Bonchev–Trinajstić information content (AvgIpc) is 3.36. The summed E-state index contributed by atoms with van der Waals surface area (Å²) < 4.78 is 0. The van der Waals surface area contributed by atoms with Crippen molar-refractivity contribution in [3.63, 3.8) is 0 Å². The van der Waals surface area contributed by atoms with Crippen LogP contribution in [-0.2, 0) is 22.7 Å². The third kappa shape index (κ3) is 9.17. The maximum Gasteiger partial charge on any atom is 0.250 e. The zero-order valence-corrected chi connectivity index (χ0v) is 26.4. The molecule has 1 aliphatic heterocycles. The Labute approximate surface area is 261 Å². The molecule has 0 radical (unpaired) electrons. The van der Waals surface area contributed by atoms with Gasteiger partial charge in [0, 0.05) is 50.0 Å². The zero-order valence-electron chi connectivity index (χ0n) is 24.0. The van der Waals surface area contributed by atoms with Gasteiger partial charge in [0.05, 0.1) is 13.1 Å². The number of carbonyl (C=O) groups is 2. The van der Waals surface area contributed by atoms with Gasteiger partial charge in [0.2, 0.25) is 5.91 Å². The largest absolute Gasteiger partial charge is 0.313 e. The molecule has 0 saturated carbocycles. The predicted molar refractivity (Wildman–Crippen MR) is 173 cm³/mol. The average molecular weight is 621 g/mol. The van der Waals surface area contributed by atoms with Gasteiger partial charge >= 0.3 is 0 Å². The number of likely N-dealkylation sites (N-methyl/N-ethyl adjacent to an activating group) is 1. The molecule has 41 heavy (non-hydrogen) atoms. The summed E-state index contributed by atoms with van der Waals surface area (Å²) in [5.74, 6) is -0.162. The summed E-state index contributed by atoms with van der Waals surface area (Å²) in [5, 5.41) is 10.9. The maximum atomic E-state index is 13.5. The number of aryl methyl sites for hydroxylation is 1. The molecule has 0 aliphatic carbocycles. The first-order valence-corrected chi connectivity index (χ1v) is 13.8. The summed E-state index contributed by atoms with van der Waals surface area (Å²) in [7, 11) is 1.78. The van der Waals surface area contributed by atoms with E-state index < -0.39 is 0 Å². The summed E-state index contributed by atoms with van der Waals surface area (Å²) >= 11 is 6.08. The molecule has 3 aromatic rings. The first kappa shape index (κ1) is 34.6. The van der Waals surface area contributed by atoms with E-state index in [0.717, 1.165) is 22.4 Å². The Morgan fingerprint density at radius 2 is 1.49 bits per heavy atom. The van der Waals surface area contributed by atoms with Gasteiger partial charge in [-0.1, -0.05) is 74.0 Å². The lowest BCUT2D eigenvalue weighted by atomic mass is 10.0. The van der Waals surface area contributed by atoms with Gasteiger partial charge in [0.15, 0.2) is 0 Å². The predicted octanol–water partition coefficient (Wildman–Crippen LogP) is 5.47. The van der Waals surface area contributed by atoms with Crippen LogP contribution in [0.4, 0.5) is 5.69 Å². The van der Waals surface area contributed by atoms with Crippen molar-refractivity contribution in [3.05, 3.63) is 88.4 Å². The van der Waals surface area contributed by atoms with Gasteiger partial charge in [0.1, 0.15) is 0 Å². The third-order valence-electron chi connectivity index (χ3n) is 7.03. The lowest BCUT2D eigenvalue weighted by Gasteiger charge is -2.28. The number of benzene rings is 3.